The van der Waals surface area contributed by atoms with E-state index in [0.717, 1.165) is 67.8 Å². The van der Waals surface area contributed by atoms with E-state index in [-0.39, 0.29) is 31.6 Å². The largest absolute Gasteiger partial charge is 0.489 e. The standard InChI is InChI=1S/C29H32N2O3.C7H14O2.H2/c1-21-10-12-22(13-11-21)20-33-26-9-5-8-25(18-26)28(24-6-3-2-4-7-24)30-29(32)34-27-19-31-16-14-23(27)15-17-31;1-4-6(5-2)7(8)9-3;/h2-13,18,23,27-28H,14-17,19-20H2,1H3,(H,30,32);6H,4-5H2,1-3H3;1H/t27-,28-;;/m0../s1. The minimum Gasteiger partial charge on any atom is -0.489 e. The third-order valence-electron chi connectivity index (χ3n) is 8.49. The fraction of sp³-hybridized carbons (Fsp3) is 0.444. The van der Waals surface area contributed by atoms with Crippen molar-refractivity contribution >= 4 is 12.1 Å². The van der Waals surface area contributed by atoms with Gasteiger partial charge in [0.1, 0.15) is 18.5 Å². The molecule has 7 nitrogen and oxygen atoms in total. The van der Waals surface area contributed by atoms with E-state index in [2.05, 4.69) is 46.1 Å². The molecule has 0 aliphatic carbocycles. The Kier molecular flexibility index (Phi) is 12.0. The molecule has 0 spiro atoms. The number of piperidine rings is 3. The molecule has 0 unspecified atom stereocenters. The molecule has 3 aromatic rings. The zero-order valence-electron chi connectivity index (χ0n) is 26.0. The fourth-order valence-corrected chi connectivity index (χ4v) is 5.76. The molecule has 1 amide bonds. The van der Waals surface area contributed by atoms with Gasteiger partial charge in [-0.25, -0.2) is 4.79 Å². The lowest BCUT2D eigenvalue weighted by Gasteiger charge is -2.43. The number of nitrogens with one attached hydrogen (secondary N) is 1. The van der Waals surface area contributed by atoms with E-state index in [0.29, 0.717) is 12.5 Å². The summed E-state index contributed by atoms with van der Waals surface area (Å²) in [5, 5.41) is 3.13. The van der Waals surface area contributed by atoms with Crippen LogP contribution in [0.4, 0.5) is 4.79 Å². The van der Waals surface area contributed by atoms with E-state index >= 15 is 0 Å². The number of rotatable bonds is 10. The molecule has 2 bridgehead atoms. The monoisotopic (exact) mass is 588 g/mol. The van der Waals surface area contributed by atoms with Gasteiger partial charge in [-0.05, 0) is 80.4 Å². The van der Waals surface area contributed by atoms with Crippen LogP contribution < -0.4 is 10.1 Å². The highest BCUT2D eigenvalue weighted by atomic mass is 16.6. The predicted octanol–water partition coefficient (Wildman–Crippen LogP) is 7.33. The minimum atomic E-state index is -0.362. The Morgan fingerprint density at radius 2 is 1.60 bits per heavy atom. The molecule has 1 N–H and O–H groups in total. The summed E-state index contributed by atoms with van der Waals surface area (Å²) in [6.07, 6.45) is 3.59. The number of fused-ring (bicyclic) bond motifs is 3. The summed E-state index contributed by atoms with van der Waals surface area (Å²) < 4.78 is 16.5. The molecule has 3 fully saturated rings. The first kappa shape index (κ1) is 32.1. The smallest absolute Gasteiger partial charge is 0.408 e. The van der Waals surface area contributed by atoms with Crippen LogP contribution in [0.3, 0.4) is 0 Å². The van der Waals surface area contributed by atoms with E-state index in [9.17, 15) is 9.59 Å². The van der Waals surface area contributed by atoms with Crippen molar-refractivity contribution in [1.82, 2.24) is 10.2 Å². The SMILES string of the molecule is CCC(CC)C(=O)OC.Cc1ccc(COc2cccc([C@@H](NC(=O)O[C@H]3CN4CCC3CC4)c3ccccc3)c2)cc1.[HH]. The third-order valence-corrected chi connectivity index (χ3v) is 8.49. The van der Waals surface area contributed by atoms with Crippen LogP contribution in [0.5, 0.6) is 5.75 Å². The summed E-state index contributed by atoms with van der Waals surface area (Å²) >= 11 is 0. The topological polar surface area (TPSA) is 77.1 Å². The van der Waals surface area contributed by atoms with Gasteiger partial charge in [0, 0.05) is 7.97 Å². The number of ether oxygens (including phenoxy) is 3. The van der Waals surface area contributed by atoms with Crippen molar-refractivity contribution in [2.45, 2.75) is 65.2 Å². The lowest BCUT2D eigenvalue weighted by Crippen LogP contribution is -2.52. The molecule has 0 saturated carbocycles. The van der Waals surface area contributed by atoms with E-state index in [1.165, 1.54) is 12.7 Å². The van der Waals surface area contributed by atoms with Crippen molar-refractivity contribution in [3.63, 3.8) is 0 Å². The molecule has 3 aromatic carbocycles. The average molecular weight is 589 g/mol. The summed E-state index contributed by atoms with van der Waals surface area (Å²) in [6, 6.07) is 26.0. The summed E-state index contributed by atoms with van der Waals surface area (Å²) in [7, 11) is 1.43. The number of benzene rings is 3. The molecule has 0 radical (unpaired) electrons. The van der Waals surface area contributed by atoms with Crippen LogP contribution in [0.1, 0.15) is 69.3 Å². The quantitative estimate of drug-likeness (QED) is 0.250. The minimum absolute atomic E-state index is 0. The molecule has 3 saturated heterocycles. The second-order valence-electron chi connectivity index (χ2n) is 11.5. The normalized spacial score (nSPS) is 19.5. The molecule has 3 aliphatic heterocycles. The number of alkyl carbamates (subject to hydrolysis) is 1. The number of esters is 1. The van der Waals surface area contributed by atoms with Crippen LogP contribution in [0, 0.1) is 18.8 Å². The highest BCUT2D eigenvalue weighted by molar-refractivity contribution is 5.72. The van der Waals surface area contributed by atoms with Gasteiger partial charge in [0.05, 0.1) is 19.1 Å². The first-order valence-corrected chi connectivity index (χ1v) is 15.5. The Morgan fingerprint density at radius 3 is 2.19 bits per heavy atom. The Labute approximate surface area is 258 Å². The zero-order valence-corrected chi connectivity index (χ0v) is 26.0. The van der Waals surface area contributed by atoms with Gasteiger partial charge in [0.15, 0.2) is 0 Å². The van der Waals surface area contributed by atoms with Gasteiger partial charge in [0.2, 0.25) is 0 Å². The van der Waals surface area contributed by atoms with Crippen molar-refractivity contribution in [3.8, 4) is 5.75 Å². The zero-order chi connectivity index (χ0) is 30.6. The summed E-state index contributed by atoms with van der Waals surface area (Å²) in [6.45, 7) is 9.63. The number of hydrogen-bond donors (Lipinski definition) is 1. The van der Waals surface area contributed by atoms with E-state index in [1.54, 1.807) is 0 Å². The van der Waals surface area contributed by atoms with Gasteiger partial charge < -0.3 is 19.5 Å². The molecule has 43 heavy (non-hydrogen) atoms. The van der Waals surface area contributed by atoms with Crippen molar-refractivity contribution in [2.75, 3.05) is 26.7 Å². The lowest BCUT2D eigenvalue weighted by molar-refractivity contribution is -0.145. The number of nitrogens with zero attached hydrogens (tertiary/aromatic N) is 1. The van der Waals surface area contributed by atoms with Crippen molar-refractivity contribution in [1.29, 1.82) is 0 Å². The first-order valence-electron chi connectivity index (χ1n) is 15.5. The van der Waals surface area contributed by atoms with E-state index in [4.69, 9.17) is 9.47 Å². The maximum absolute atomic E-state index is 13.0. The van der Waals surface area contributed by atoms with Crippen LogP contribution in [0.2, 0.25) is 0 Å². The molecule has 232 valence electrons. The number of carbonyl (C=O) groups is 2. The highest BCUT2D eigenvalue weighted by Gasteiger charge is 2.36. The predicted molar refractivity (Wildman–Crippen MR) is 171 cm³/mol. The Morgan fingerprint density at radius 1 is 0.930 bits per heavy atom. The van der Waals surface area contributed by atoms with E-state index in [1.807, 2.05) is 68.4 Å². The molecule has 2 atom stereocenters. The number of methoxy groups -OCH3 is 1. The van der Waals surface area contributed by atoms with E-state index < -0.39 is 0 Å². The average Bonchev–Trinajstić information content (AvgIpc) is 3.05. The van der Waals surface area contributed by atoms with Gasteiger partial charge in [-0.1, -0.05) is 86.1 Å². The van der Waals surface area contributed by atoms with Crippen LogP contribution in [-0.4, -0.2) is 49.8 Å². The second kappa shape index (κ2) is 16.1. The Balaban J connectivity index is 0.000000463. The van der Waals surface area contributed by atoms with Crippen LogP contribution in [0.15, 0.2) is 78.9 Å². The number of amides is 1. The molecule has 6 rings (SSSR count). The lowest BCUT2D eigenvalue weighted by atomic mass is 9.86. The van der Waals surface area contributed by atoms with Crippen molar-refractivity contribution < 1.29 is 25.2 Å². The number of aryl methyl sites for hydroxylation is 1. The Bertz CT molecular complexity index is 1290. The first-order chi connectivity index (χ1) is 20.9. The van der Waals surface area contributed by atoms with Gasteiger partial charge in [-0.3, -0.25) is 9.69 Å². The number of hydrogen-bond acceptors (Lipinski definition) is 6. The van der Waals surface area contributed by atoms with Gasteiger partial charge in [-0.2, -0.15) is 0 Å². The second-order valence-corrected chi connectivity index (χ2v) is 11.5. The molecule has 3 heterocycles. The van der Waals surface area contributed by atoms with Crippen LogP contribution >= 0.6 is 0 Å². The van der Waals surface area contributed by atoms with Gasteiger partial charge in [0.25, 0.3) is 0 Å². The van der Waals surface area contributed by atoms with Gasteiger partial charge in [-0.15, -0.1) is 0 Å². The molecule has 0 aromatic heterocycles. The summed E-state index contributed by atoms with van der Waals surface area (Å²) in [5.74, 6) is 1.27. The van der Waals surface area contributed by atoms with Crippen LogP contribution in [-0.2, 0) is 20.9 Å². The van der Waals surface area contributed by atoms with Gasteiger partial charge >= 0.3 is 12.1 Å². The Hall–Kier alpha value is -3.84. The highest BCUT2D eigenvalue weighted by Crippen LogP contribution is 2.30. The van der Waals surface area contributed by atoms with Crippen LogP contribution in [0.25, 0.3) is 0 Å². The number of carbonyl (C=O) groups excluding carboxylic acids is 2. The molecule has 3 aliphatic rings. The molecular formula is C36H48N2O5. The summed E-state index contributed by atoms with van der Waals surface area (Å²) in [5.41, 5.74) is 4.31. The summed E-state index contributed by atoms with van der Waals surface area (Å²) in [4.78, 5) is 26.1. The molecular weight excluding hydrogens is 540 g/mol. The fourth-order valence-electron chi connectivity index (χ4n) is 5.76. The maximum atomic E-state index is 13.0. The van der Waals surface area contributed by atoms with Crippen molar-refractivity contribution in [3.05, 3.63) is 101 Å². The molecule has 7 heteroatoms. The van der Waals surface area contributed by atoms with Crippen molar-refractivity contribution in [2.24, 2.45) is 11.8 Å². The maximum Gasteiger partial charge on any atom is 0.408 e. The third kappa shape index (κ3) is 9.32.